The van der Waals surface area contributed by atoms with Crippen molar-refractivity contribution in [3.63, 3.8) is 0 Å². The van der Waals surface area contributed by atoms with Crippen LogP contribution in [-0.4, -0.2) is 33.9 Å². The van der Waals surface area contributed by atoms with Gasteiger partial charge in [-0.05, 0) is 13.0 Å². The number of rotatable bonds is 4. The maximum atomic E-state index is 11.2. The standard InChI is InChI=1S/C10H15N3O4/c1-2-17-10(16)8(15)7(14)5-3-6(11)9(12)13-4-5/h3-4,7-8,14-15H,2,11H2,1H3,(H2,12,13). The number of aliphatic hydroxyl groups is 2. The van der Waals surface area contributed by atoms with Gasteiger partial charge in [-0.3, -0.25) is 0 Å². The second-order valence-electron chi connectivity index (χ2n) is 3.38. The highest BCUT2D eigenvalue weighted by Gasteiger charge is 2.27. The van der Waals surface area contributed by atoms with Crippen LogP contribution in [0.1, 0.15) is 18.6 Å². The van der Waals surface area contributed by atoms with Crippen molar-refractivity contribution in [1.82, 2.24) is 4.98 Å². The van der Waals surface area contributed by atoms with Crippen molar-refractivity contribution in [2.45, 2.75) is 19.1 Å². The molecule has 1 aromatic rings. The van der Waals surface area contributed by atoms with Crippen LogP contribution >= 0.6 is 0 Å². The summed E-state index contributed by atoms with van der Waals surface area (Å²) < 4.78 is 4.57. The summed E-state index contributed by atoms with van der Waals surface area (Å²) in [5.41, 5.74) is 11.3. The average molecular weight is 241 g/mol. The Balaban J connectivity index is 2.84. The number of hydrogen-bond acceptors (Lipinski definition) is 7. The van der Waals surface area contributed by atoms with Crippen molar-refractivity contribution in [2.75, 3.05) is 18.1 Å². The molecule has 17 heavy (non-hydrogen) atoms. The quantitative estimate of drug-likeness (QED) is 0.507. The second-order valence-corrected chi connectivity index (χ2v) is 3.38. The van der Waals surface area contributed by atoms with E-state index in [1.807, 2.05) is 0 Å². The summed E-state index contributed by atoms with van der Waals surface area (Å²) in [7, 11) is 0. The maximum absolute atomic E-state index is 11.2. The average Bonchev–Trinajstić information content (AvgIpc) is 2.31. The zero-order valence-electron chi connectivity index (χ0n) is 9.33. The van der Waals surface area contributed by atoms with Gasteiger partial charge in [-0.1, -0.05) is 0 Å². The number of pyridine rings is 1. The van der Waals surface area contributed by atoms with Gasteiger partial charge < -0.3 is 26.4 Å². The third-order valence-corrected chi connectivity index (χ3v) is 2.14. The zero-order valence-corrected chi connectivity index (χ0v) is 9.33. The van der Waals surface area contributed by atoms with Crippen LogP contribution < -0.4 is 11.5 Å². The SMILES string of the molecule is CCOC(=O)C(O)C(O)c1cnc(N)c(N)c1. The van der Waals surface area contributed by atoms with E-state index >= 15 is 0 Å². The molecule has 6 N–H and O–H groups in total. The van der Waals surface area contributed by atoms with Crippen molar-refractivity contribution in [3.05, 3.63) is 17.8 Å². The van der Waals surface area contributed by atoms with E-state index in [0.717, 1.165) is 0 Å². The number of esters is 1. The molecule has 7 heteroatoms. The van der Waals surface area contributed by atoms with E-state index in [4.69, 9.17) is 11.5 Å². The molecule has 0 spiro atoms. The normalized spacial score (nSPS) is 14.1. The van der Waals surface area contributed by atoms with Crippen molar-refractivity contribution in [3.8, 4) is 0 Å². The molecule has 0 aliphatic carbocycles. The molecule has 0 saturated carbocycles. The first kappa shape index (κ1) is 13.2. The smallest absolute Gasteiger partial charge is 0.338 e. The molecule has 1 aromatic heterocycles. The van der Waals surface area contributed by atoms with Crippen molar-refractivity contribution in [2.24, 2.45) is 0 Å². The largest absolute Gasteiger partial charge is 0.464 e. The highest BCUT2D eigenvalue weighted by atomic mass is 16.5. The number of nitrogens with two attached hydrogens (primary N) is 2. The van der Waals surface area contributed by atoms with Gasteiger partial charge >= 0.3 is 5.97 Å². The lowest BCUT2D eigenvalue weighted by Crippen LogP contribution is -2.30. The number of hydrogen-bond donors (Lipinski definition) is 4. The number of carbonyl (C=O) groups excluding carboxylic acids is 1. The van der Waals surface area contributed by atoms with E-state index in [0.29, 0.717) is 0 Å². The summed E-state index contributed by atoms with van der Waals surface area (Å²) >= 11 is 0. The first-order valence-electron chi connectivity index (χ1n) is 5.01. The van der Waals surface area contributed by atoms with Gasteiger partial charge in [0, 0.05) is 11.8 Å². The van der Waals surface area contributed by atoms with Gasteiger partial charge in [-0.2, -0.15) is 0 Å². The molecule has 0 bridgehead atoms. The van der Waals surface area contributed by atoms with Crippen LogP contribution in [-0.2, 0) is 9.53 Å². The molecule has 0 aliphatic heterocycles. The molecular formula is C10H15N3O4. The van der Waals surface area contributed by atoms with E-state index in [1.54, 1.807) is 6.92 Å². The monoisotopic (exact) mass is 241 g/mol. The molecule has 2 atom stereocenters. The summed E-state index contributed by atoms with van der Waals surface area (Å²) in [5, 5.41) is 19.2. The zero-order chi connectivity index (χ0) is 13.0. The number of ether oxygens (including phenoxy) is 1. The Bertz CT molecular complexity index is 411. The van der Waals surface area contributed by atoms with Gasteiger partial charge in [-0.15, -0.1) is 0 Å². The Kier molecular flexibility index (Phi) is 4.24. The predicted octanol–water partition coefficient (Wildman–Crippen LogP) is -0.797. The minimum absolute atomic E-state index is 0.116. The third-order valence-electron chi connectivity index (χ3n) is 2.14. The van der Waals surface area contributed by atoms with Crippen LogP contribution in [0.2, 0.25) is 0 Å². The van der Waals surface area contributed by atoms with E-state index in [-0.39, 0.29) is 23.7 Å². The summed E-state index contributed by atoms with van der Waals surface area (Å²) in [5.74, 6) is -0.790. The Labute approximate surface area is 98.0 Å². The maximum Gasteiger partial charge on any atom is 0.338 e. The lowest BCUT2D eigenvalue weighted by atomic mass is 10.1. The van der Waals surface area contributed by atoms with Gasteiger partial charge in [0.1, 0.15) is 11.9 Å². The molecule has 7 nitrogen and oxygen atoms in total. The van der Waals surface area contributed by atoms with E-state index in [9.17, 15) is 15.0 Å². The van der Waals surface area contributed by atoms with Crippen LogP contribution in [0.5, 0.6) is 0 Å². The summed E-state index contributed by atoms with van der Waals surface area (Å²) in [6.45, 7) is 1.71. The first-order valence-corrected chi connectivity index (χ1v) is 5.01. The van der Waals surface area contributed by atoms with E-state index in [1.165, 1.54) is 12.3 Å². The molecule has 0 fully saturated rings. The van der Waals surface area contributed by atoms with Crippen LogP contribution in [0, 0.1) is 0 Å². The molecule has 2 unspecified atom stereocenters. The molecule has 0 aliphatic rings. The number of nitrogen functional groups attached to an aromatic ring is 2. The second kappa shape index (κ2) is 5.46. The molecule has 0 aromatic carbocycles. The van der Waals surface area contributed by atoms with Crippen LogP contribution in [0.25, 0.3) is 0 Å². The van der Waals surface area contributed by atoms with Gasteiger partial charge in [0.25, 0.3) is 0 Å². The molecule has 0 amide bonds. The Hall–Kier alpha value is -1.86. The fourth-order valence-electron chi connectivity index (χ4n) is 1.21. The highest BCUT2D eigenvalue weighted by Crippen LogP contribution is 2.21. The number of aromatic nitrogens is 1. The molecular weight excluding hydrogens is 226 g/mol. The molecule has 1 rings (SSSR count). The summed E-state index contributed by atoms with van der Waals surface area (Å²) in [4.78, 5) is 14.9. The Morgan fingerprint density at radius 1 is 1.53 bits per heavy atom. The molecule has 0 saturated heterocycles. The lowest BCUT2D eigenvalue weighted by Gasteiger charge is -2.16. The van der Waals surface area contributed by atoms with Crippen LogP contribution in [0.4, 0.5) is 11.5 Å². The third kappa shape index (κ3) is 3.05. The van der Waals surface area contributed by atoms with Gasteiger partial charge in [0.2, 0.25) is 0 Å². The number of nitrogens with zero attached hydrogens (tertiary/aromatic N) is 1. The van der Waals surface area contributed by atoms with Crippen LogP contribution in [0.15, 0.2) is 12.3 Å². The van der Waals surface area contributed by atoms with Crippen LogP contribution in [0.3, 0.4) is 0 Å². The number of carbonyl (C=O) groups is 1. The van der Waals surface area contributed by atoms with Gasteiger partial charge in [0.15, 0.2) is 6.10 Å². The minimum atomic E-state index is -1.68. The van der Waals surface area contributed by atoms with E-state index < -0.39 is 18.2 Å². The fraction of sp³-hybridized carbons (Fsp3) is 0.400. The summed E-state index contributed by atoms with van der Waals surface area (Å²) in [6.07, 6.45) is -1.90. The van der Waals surface area contributed by atoms with Crippen molar-refractivity contribution < 1.29 is 19.7 Å². The van der Waals surface area contributed by atoms with Gasteiger partial charge in [0.05, 0.1) is 12.3 Å². The Morgan fingerprint density at radius 2 is 2.18 bits per heavy atom. The molecule has 0 radical (unpaired) electrons. The highest BCUT2D eigenvalue weighted by molar-refractivity contribution is 5.75. The van der Waals surface area contributed by atoms with Crippen molar-refractivity contribution in [1.29, 1.82) is 0 Å². The molecule has 94 valence electrons. The first-order chi connectivity index (χ1) is 7.97. The fourth-order valence-corrected chi connectivity index (χ4v) is 1.21. The number of anilines is 2. The summed E-state index contributed by atoms with van der Waals surface area (Å²) in [6, 6.07) is 1.34. The minimum Gasteiger partial charge on any atom is -0.464 e. The predicted molar refractivity (Wildman–Crippen MR) is 60.7 cm³/mol. The van der Waals surface area contributed by atoms with Gasteiger partial charge in [-0.25, -0.2) is 9.78 Å². The number of aliphatic hydroxyl groups excluding tert-OH is 2. The van der Waals surface area contributed by atoms with Crippen molar-refractivity contribution >= 4 is 17.5 Å². The van der Waals surface area contributed by atoms with E-state index in [2.05, 4.69) is 9.72 Å². The lowest BCUT2D eigenvalue weighted by molar-refractivity contribution is -0.159. The molecule has 1 heterocycles. The topological polar surface area (TPSA) is 132 Å². The Morgan fingerprint density at radius 3 is 2.71 bits per heavy atom.